The maximum Gasteiger partial charge on any atom is 0.241 e. The van der Waals surface area contributed by atoms with Gasteiger partial charge in [0, 0.05) is 11.8 Å². The molecular formula is C11H17NO4S2. The second kappa shape index (κ2) is 4.64. The van der Waals surface area contributed by atoms with Crippen LogP contribution in [0.5, 0.6) is 0 Å². The summed E-state index contributed by atoms with van der Waals surface area (Å²) < 4.78 is 49.3. The topological polar surface area (TPSA) is 80.3 Å². The van der Waals surface area contributed by atoms with Crippen LogP contribution in [0.1, 0.15) is 20.8 Å². The molecule has 1 aromatic carbocycles. The van der Waals surface area contributed by atoms with Crippen LogP contribution in [0.3, 0.4) is 0 Å². The lowest BCUT2D eigenvalue weighted by Gasteiger charge is -2.20. The molecule has 0 radical (unpaired) electrons. The van der Waals surface area contributed by atoms with Gasteiger partial charge in [0.2, 0.25) is 10.0 Å². The van der Waals surface area contributed by atoms with Crippen LogP contribution in [0.15, 0.2) is 34.1 Å². The van der Waals surface area contributed by atoms with Crippen LogP contribution in [0.25, 0.3) is 0 Å². The third-order valence-electron chi connectivity index (χ3n) is 1.98. The number of sulfone groups is 1. The highest BCUT2D eigenvalue weighted by molar-refractivity contribution is 7.91. The Balaban J connectivity index is 3.28. The smallest absolute Gasteiger partial charge is 0.224 e. The summed E-state index contributed by atoms with van der Waals surface area (Å²) in [4.78, 5) is -0.0698. The number of nitrogens with one attached hydrogen (secondary N) is 1. The second-order valence-corrected chi connectivity index (χ2v) is 8.80. The van der Waals surface area contributed by atoms with Crippen molar-refractivity contribution < 1.29 is 16.8 Å². The highest BCUT2D eigenvalue weighted by atomic mass is 32.2. The van der Waals surface area contributed by atoms with Crippen LogP contribution in [-0.2, 0) is 19.9 Å². The molecule has 0 bridgehead atoms. The number of sulfonamides is 1. The zero-order chi connectivity index (χ0) is 14.2. The Bertz CT molecular complexity index is 640. The number of rotatable bonds is 3. The van der Waals surface area contributed by atoms with Gasteiger partial charge in [0.25, 0.3) is 0 Å². The van der Waals surface area contributed by atoms with Crippen LogP contribution >= 0.6 is 0 Å². The molecule has 1 rings (SSSR count). The zero-order valence-electron chi connectivity index (χ0n) is 10.8. The monoisotopic (exact) mass is 291 g/mol. The largest absolute Gasteiger partial charge is 0.241 e. The predicted molar refractivity (Wildman–Crippen MR) is 69.6 cm³/mol. The second-order valence-electron chi connectivity index (χ2n) is 5.10. The fraction of sp³-hybridized carbons (Fsp3) is 0.455. The molecule has 0 saturated heterocycles. The molecule has 0 spiro atoms. The quantitative estimate of drug-likeness (QED) is 0.906. The highest BCUT2D eigenvalue weighted by Crippen LogP contribution is 2.17. The average molecular weight is 291 g/mol. The summed E-state index contributed by atoms with van der Waals surface area (Å²) in [5, 5.41) is 0. The summed E-state index contributed by atoms with van der Waals surface area (Å²) in [5.74, 6) is 0. The molecule has 0 unspecified atom stereocenters. The summed E-state index contributed by atoms with van der Waals surface area (Å²) in [6.07, 6.45) is 1.04. The lowest BCUT2D eigenvalue weighted by Crippen LogP contribution is -2.40. The molecule has 0 heterocycles. The van der Waals surface area contributed by atoms with E-state index in [0.717, 1.165) is 12.3 Å². The van der Waals surface area contributed by atoms with Gasteiger partial charge in [-0.2, -0.15) is 0 Å². The van der Waals surface area contributed by atoms with Gasteiger partial charge in [0.1, 0.15) is 0 Å². The van der Waals surface area contributed by atoms with Gasteiger partial charge < -0.3 is 0 Å². The molecular weight excluding hydrogens is 274 g/mol. The first-order valence-corrected chi connectivity index (χ1v) is 8.63. The Labute approximate surface area is 108 Å². The molecule has 1 N–H and O–H groups in total. The van der Waals surface area contributed by atoms with Gasteiger partial charge >= 0.3 is 0 Å². The molecule has 0 aromatic heterocycles. The van der Waals surface area contributed by atoms with Gasteiger partial charge in [0.05, 0.1) is 9.79 Å². The van der Waals surface area contributed by atoms with Crippen LogP contribution in [0.2, 0.25) is 0 Å². The van der Waals surface area contributed by atoms with Gasteiger partial charge in [-0.25, -0.2) is 21.6 Å². The van der Waals surface area contributed by atoms with Crippen molar-refractivity contribution in [2.24, 2.45) is 0 Å². The van der Waals surface area contributed by atoms with Crippen molar-refractivity contribution >= 4 is 19.9 Å². The SMILES string of the molecule is CC(C)(C)NS(=O)(=O)c1cccc(S(C)(=O)=O)c1. The fourth-order valence-corrected chi connectivity index (χ4v) is 3.54. The van der Waals surface area contributed by atoms with Gasteiger partial charge in [-0.3, -0.25) is 0 Å². The maximum atomic E-state index is 12.0. The summed E-state index contributed by atoms with van der Waals surface area (Å²) in [7, 11) is -7.14. The first-order chi connectivity index (χ1) is 7.92. The molecule has 102 valence electrons. The summed E-state index contributed by atoms with van der Waals surface area (Å²) in [6, 6.07) is 5.30. The Kier molecular flexibility index (Phi) is 3.90. The van der Waals surface area contributed by atoms with Crippen molar-refractivity contribution in [3.05, 3.63) is 24.3 Å². The van der Waals surface area contributed by atoms with Gasteiger partial charge in [-0.1, -0.05) is 6.07 Å². The lowest BCUT2D eigenvalue weighted by molar-refractivity contribution is 0.491. The molecule has 7 heteroatoms. The zero-order valence-corrected chi connectivity index (χ0v) is 12.4. The minimum atomic E-state index is -3.72. The van der Waals surface area contributed by atoms with Crippen molar-refractivity contribution in [3.8, 4) is 0 Å². The molecule has 0 aliphatic rings. The van der Waals surface area contributed by atoms with Crippen LogP contribution in [-0.4, -0.2) is 28.6 Å². The molecule has 0 amide bonds. The van der Waals surface area contributed by atoms with Gasteiger partial charge in [-0.05, 0) is 39.0 Å². The van der Waals surface area contributed by atoms with E-state index in [2.05, 4.69) is 4.72 Å². The molecule has 5 nitrogen and oxygen atoms in total. The van der Waals surface area contributed by atoms with E-state index < -0.39 is 25.4 Å². The third kappa shape index (κ3) is 4.08. The van der Waals surface area contributed by atoms with E-state index >= 15 is 0 Å². The molecule has 18 heavy (non-hydrogen) atoms. The highest BCUT2D eigenvalue weighted by Gasteiger charge is 2.22. The van der Waals surface area contributed by atoms with Crippen molar-refractivity contribution in [3.63, 3.8) is 0 Å². The van der Waals surface area contributed by atoms with E-state index in [4.69, 9.17) is 0 Å². The standard InChI is InChI=1S/C11H17NO4S2/c1-11(2,3)12-18(15,16)10-7-5-6-9(8-10)17(4,13)14/h5-8,12H,1-4H3. The Morgan fingerprint density at radius 3 is 1.94 bits per heavy atom. The average Bonchev–Trinajstić information content (AvgIpc) is 2.13. The van der Waals surface area contributed by atoms with E-state index in [0.29, 0.717) is 0 Å². The van der Waals surface area contributed by atoms with E-state index in [9.17, 15) is 16.8 Å². The fourth-order valence-electron chi connectivity index (χ4n) is 1.33. The van der Waals surface area contributed by atoms with Gasteiger partial charge in [-0.15, -0.1) is 0 Å². The minimum absolute atomic E-state index is 0.0146. The summed E-state index contributed by atoms with van der Waals surface area (Å²) in [6.45, 7) is 5.14. The number of benzene rings is 1. The van der Waals surface area contributed by atoms with E-state index in [1.165, 1.54) is 18.2 Å². The molecule has 0 saturated carbocycles. The van der Waals surface area contributed by atoms with Crippen LogP contribution in [0, 0.1) is 0 Å². The van der Waals surface area contributed by atoms with Crippen molar-refractivity contribution in [1.82, 2.24) is 4.72 Å². The molecule has 0 aliphatic carbocycles. The first kappa shape index (κ1) is 15.1. The molecule has 0 aliphatic heterocycles. The molecule has 0 atom stereocenters. The predicted octanol–water partition coefficient (Wildman–Crippen LogP) is 1.17. The van der Waals surface area contributed by atoms with E-state index in [1.54, 1.807) is 20.8 Å². The Morgan fingerprint density at radius 2 is 1.50 bits per heavy atom. The molecule has 1 aromatic rings. The van der Waals surface area contributed by atoms with Gasteiger partial charge in [0.15, 0.2) is 9.84 Å². The third-order valence-corrected chi connectivity index (χ3v) is 4.85. The first-order valence-electron chi connectivity index (χ1n) is 5.26. The summed E-state index contributed by atoms with van der Waals surface area (Å²) in [5.41, 5.74) is -0.625. The van der Waals surface area contributed by atoms with Crippen LogP contribution < -0.4 is 4.72 Å². The van der Waals surface area contributed by atoms with E-state index in [-0.39, 0.29) is 9.79 Å². The normalized spacial score (nSPS) is 13.6. The number of hydrogen-bond acceptors (Lipinski definition) is 4. The molecule has 0 fully saturated rings. The van der Waals surface area contributed by atoms with Crippen LogP contribution in [0.4, 0.5) is 0 Å². The van der Waals surface area contributed by atoms with Crippen molar-refractivity contribution in [2.75, 3.05) is 6.26 Å². The Morgan fingerprint density at radius 1 is 1.00 bits per heavy atom. The maximum absolute atomic E-state index is 12.0. The minimum Gasteiger partial charge on any atom is -0.224 e. The van der Waals surface area contributed by atoms with E-state index in [1.807, 2.05) is 0 Å². The summed E-state index contributed by atoms with van der Waals surface area (Å²) >= 11 is 0. The number of hydrogen-bond donors (Lipinski definition) is 1. The van der Waals surface area contributed by atoms with Crippen molar-refractivity contribution in [2.45, 2.75) is 36.1 Å². The van der Waals surface area contributed by atoms with Crippen molar-refractivity contribution in [1.29, 1.82) is 0 Å². The lowest BCUT2D eigenvalue weighted by atomic mass is 10.1. The Hall–Kier alpha value is -0.920.